The quantitative estimate of drug-likeness (QED) is 0.0250. The highest BCUT2D eigenvalue weighted by atomic mass is 16.6. The summed E-state index contributed by atoms with van der Waals surface area (Å²) >= 11 is 0. The molecule has 0 amide bonds. The predicted octanol–water partition coefficient (Wildman–Crippen LogP) is 8.08. The standard InChI is InChI=1S/C45H46O12/c1-31(2)41(46)53-28-7-5-26-51-37-19-11-35(12-20-37)44(49)56-39-17-9-33(10-18-39)25-30-55-43(48)34-15-23-40(24-16-34)57-45(50)36-13-21-38(22-14-36)52-27-6-8-29-54-42(47)32(3)4/h9-24H,1,3,5-8,25-30H2,2,4H3. The fraction of sp³-hybridized carbons (Fsp3) is 0.267. The lowest BCUT2D eigenvalue weighted by Crippen LogP contribution is -2.10. The first-order valence-corrected chi connectivity index (χ1v) is 18.4. The van der Waals surface area contributed by atoms with Gasteiger partial charge in [-0.3, -0.25) is 0 Å². The summed E-state index contributed by atoms with van der Waals surface area (Å²) in [5, 5.41) is 0. The molecule has 4 aromatic rings. The van der Waals surface area contributed by atoms with Gasteiger partial charge in [0, 0.05) is 17.6 Å². The molecule has 4 aromatic carbocycles. The van der Waals surface area contributed by atoms with Crippen LogP contribution in [0.15, 0.2) is 121 Å². The molecule has 0 fully saturated rings. The van der Waals surface area contributed by atoms with Crippen molar-refractivity contribution >= 4 is 29.8 Å². The summed E-state index contributed by atoms with van der Waals surface area (Å²) in [5.74, 6) is -0.612. The number of hydrogen-bond acceptors (Lipinski definition) is 12. The third-order valence-electron chi connectivity index (χ3n) is 8.02. The second-order valence-corrected chi connectivity index (χ2v) is 12.8. The van der Waals surface area contributed by atoms with Gasteiger partial charge in [-0.1, -0.05) is 25.3 Å². The van der Waals surface area contributed by atoms with Crippen LogP contribution < -0.4 is 18.9 Å². The largest absolute Gasteiger partial charge is 0.494 e. The van der Waals surface area contributed by atoms with E-state index in [1.165, 1.54) is 24.3 Å². The van der Waals surface area contributed by atoms with Crippen LogP contribution in [-0.4, -0.2) is 62.9 Å². The van der Waals surface area contributed by atoms with Gasteiger partial charge in [-0.15, -0.1) is 0 Å². The zero-order valence-corrected chi connectivity index (χ0v) is 32.1. The van der Waals surface area contributed by atoms with Crippen LogP contribution in [-0.2, 0) is 30.2 Å². The van der Waals surface area contributed by atoms with Crippen LogP contribution in [0.4, 0.5) is 0 Å². The van der Waals surface area contributed by atoms with Gasteiger partial charge in [0.15, 0.2) is 0 Å². The fourth-order valence-electron chi connectivity index (χ4n) is 4.80. The molecule has 0 radical (unpaired) electrons. The van der Waals surface area contributed by atoms with Crippen molar-refractivity contribution in [3.63, 3.8) is 0 Å². The molecule has 12 heteroatoms. The van der Waals surface area contributed by atoms with E-state index in [1.54, 1.807) is 86.6 Å². The Morgan fingerprint density at radius 3 is 1.18 bits per heavy atom. The average Bonchev–Trinajstić information content (AvgIpc) is 3.21. The van der Waals surface area contributed by atoms with Crippen LogP contribution in [0.25, 0.3) is 0 Å². The minimum atomic E-state index is -0.567. The lowest BCUT2D eigenvalue weighted by molar-refractivity contribution is -0.139. The summed E-state index contributed by atoms with van der Waals surface area (Å²) < 4.78 is 37.8. The first-order chi connectivity index (χ1) is 27.5. The van der Waals surface area contributed by atoms with Crippen LogP contribution >= 0.6 is 0 Å². The monoisotopic (exact) mass is 778 g/mol. The van der Waals surface area contributed by atoms with E-state index in [9.17, 15) is 24.0 Å². The molecule has 0 saturated heterocycles. The van der Waals surface area contributed by atoms with Crippen molar-refractivity contribution in [2.75, 3.05) is 33.0 Å². The fourth-order valence-corrected chi connectivity index (χ4v) is 4.80. The third kappa shape index (κ3) is 15.2. The molecular formula is C45H46O12. The molecule has 0 heterocycles. The molecular weight excluding hydrogens is 732 g/mol. The van der Waals surface area contributed by atoms with Crippen LogP contribution in [0.5, 0.6) is 23.0 Å². The van der Waals surface area contributed by atoms with Crippen LogP contribution in [0.2, 0.25) is 0 Å². The SMILES string of the molecule is C=C(C)C(=O)OCCCCOc1ccc(C(=O)Oc2ccc(CCOC(=O)c3ccc(OC(=O)c4ccc(OCCCCOC(=O)C(=C)C)cc4)cc3)cc2)cc1. The van der Waals surface area contributed by atoms with Gasteiger partial charge >= 0.3 is 29.8 Å². The Morgan fingerprint density at radius 1 is 0.421 bits per heavy atom. The summed E-state index contributed by atoms with van der Waals surface area (Å²) in [7, 11) is 0. The molecule has 12 nitrogen and oxygen atoms in total. The van der Waals surface area contributed by atoms with Gasteiger partial charge in [-0.2, -0.15) is 0 Å². The first-order valence-electron chi connectivity index (χ1n) is 18.4. The van der Waals surface area contributed by atoms with Crippen molar-refractivity contribution in [1.82, 2.24) is 0 Å². The van der Waals surface area contributed by atoms with E-state index in [2.05, 4.69) is 13.2 Å². The van der Waals surface area contributed by atoms with Gasteiger partial charge in [-0.25, -0.2) is 24.0 Å². The Bertz CT molecular complexity index is 1980. The second kappa shape index (κ2) is 22.6. The van der Waals surface area contributed by atoms with E-state index in [0.717, 1.165) is 5.56 Å². The number of carbonyl (C=O) groups excluding carboxylic acids is 5. The average molecular weight is 779 g/mol. The maximum atomic E-state index is 12.6. The van der Waals surface area contributed by atoms with E-state index >= 15 is 0 Å². The highest BCUT2D eigenvalue weighted by Crippen LogP contribution is 2.20. The number of benzene rings is 4. The highest BCUT2D eigenvalue weighted by molar-refractivity contribution is 5.92. The third-order valence-corrected chi connectivity index (χ3v) is 8.02. The van der Waals surface area contributed by atoms with Gasteiger partial charge in [0.1, 0.15) is 23.0 Å². The number of unbranched alkanes of at least 4 members (excludes halogenated alkanes) is 2. The predicted molar refractivity (Wildman–Crippen MR) is 211 cm³/mol. The number of ether oxygens (including phenoxy) is 7. The van der Waals surface area contributed by atoms with Gasteiger partial charge < -0.3 is 33.2 Å². The number of esters is 5. The molecule has 0 atom stereocenters. The highest BCUT2D eigenvalue weighted by Gasteiger charge is 2.13. The van der Waals surface area contributed by atoms with Gasteiger partial charge in [0.05, 0.1) is 49.7 Å². The van der Waals surface area contributed by atoms with Crippen molar-refractivity contribution in [2.24, 2.45) is 0 Å². The Balaban J connectivity index is 1.11. The summed E-state index contributed by atoms with van der Waals surface area (Å²) in [6, 6.07) is 26.1. The summed E-state index contributed by atoms with van der Waals surface area (Å²) in [4.78, 5) is 60.7. The van der Waals surface area contributed by atoms with Gasteiger partial charge in [0.25, 0.3) is 0 Å². The first kappa shape index (κ1) is 43.0. The smallest absolute Gasteiger partial charge is 0.343 e. The van der Waals surface area contributed by atoms with Crippen molar-refractivity contribution in [3.05, 3.63) is 144 Å². The normalized spacial score (nSPS) is 10.4. The van der Waals surface area contributed by atoms with Crippen molar-refractivity contribution in [2.45, 2.75) is 46.0 Å². The van der Waals surface area contributed by atoms with E-state index in [-0.39, 0.29) is 12.4 Å². The molecule has 0 aliphatic rings. The molecule has 0 unspecified atom stereocenters. The van der Waals surface area contributed by atoms with Crippen LogP contribution in [0.3, 0.4) is 0 Å². The van der Waals surface area contributed by atoms with Crippen LogP contribution in [0.1, 0.15) is 76.2 Å². The molecule has 0 aliphatic carbocycles. The van der Waals surface area contributed by atoms with Crippen molar-refractivity contribution in [1.29, 1.82) is 0 Å². The topological polar surface area (TPSA) is 150 Å². The van der Waals surface area contributed by atoms with Crippen LogP contribution in [0, 0.1) is 0 Å². The van der Waals surface area contributed by atoms with E-state index in [4.69, 9.17) is 33.2 Å². The molecule has 0 saturated carbocycles. The molecule has 298 valence electrons. The molecule has 0 aromatic heterocycles. The van der Waals surface area contributed by atoms with Gasteiger partial charge in [-0.05, 0) is 130 Å². The molecule has 0 bridgehead atoms. The van der Waals surface area contributed by atoms with Crippen molar-refractivity contribution in [3.8, 4) is 23.0 Å². The summed E-state index contributed by atoms with van der Waals surface area (Å²) in [6.45, 7) is 11.8. The second-order valence-electron chi connectivity index (χ2n) is 12.8. The van der Waals surface area contributed by atoms with E-state index in [1.807, 2.05) is 0 Å². The molecule has 0 aliphatic heterocycles. The van der Waals surface area contributed by atoms with Gasteiger partial charge in [0.2, 0.25) is 0 Å². The van der Waals surface area contributed by atoms with E-state index < -0.39 is 29.8 Å². The lowest BCUT2D eigenvalue weighted by Gasteiger charge is -2.09. The molecule has 0 spiro atoms. The molecule has 57 heavy (non-hydrogen) atoms. The number of rotatable bonds is 22. The lowest BCUT2D eigenvalue weighted by atomic mass is 10.1. The Hall–Kier alpha value is -6.69. The zero-order valence-electron chi connectivity index (χ0n) is 32.1. The van der Waals surface area contributed by atoms with Crippen molar-refractivity contribution < 1.29 is 57.1 Å². The maximum Gasteiger partial charge on any atom is 0.343 e. The van der Waals surface area contributed by atoms with E-state index in [0.29, 0.717) is 104 Å². The Kier molecular flexibility index (Phi) is 17.1. The molecule has 0 N–H and O–H groups in total. The molecule has 4 rings (SSSR count). The maximum absolute atomic E-state index is 12.6. The Labute approximate surface area is 331 Å². The zero-order chi connectivity index (χ0) is 41.0. The number of hydrogen-bond donors (Lipinski definition) is 0. The Morgan fingerprint density at radius 2 is 0.772 bits per heavy atom. The summed E-state index contributed by atoms with van der Waals surface area (Å²) in [6.07, 6.45) is 3.12. The number of carbonyl (C=O) groups is 5. The minimum absolute atomic E-state index is 0.121. The summed E-state index contributed by atoms with van der Waals surface area (Å²) in [5.41, 5.74) is 2.58. The minimum Gasteiger partial charge on any atom is -0.494 e.